The van der Waals surface area contributed by atoms with Gasteiger partial charge in [0, 0.05) is 23.6 Å². The lowest BCUT2D eigenvalue weighted by molar-refractivity contribution is -0.122. The number of methoxy groups -OCH3 is 2. The summed E-state index contributed by atoms with van der Waals surface area (Å²) in [5.41, 5.74) is 2.24. The quantitative estimate of drug-likeness (QED) is 0.330. The van der Waals surface area contributed by atoms with Gasteiger partial charge < -0.3 is 19.7 Å². The van der Waals surface area contributed by atoms with E-state index in [9.17, 15) is 14.4 Å². The number of hydrogen-bond donors (Lipinski definition) is 1. The van der Waals surface area contributed by atoms with Crippen molar-refractivity contribution in [2.24, 2.45) is 5.92 Å². The van der Waals surface area contributed by atoms with Gasteiger partial charge in [0.15, 0.2) is 23.1 Å². The molecule has 3 aliphatic heterocycles. The first kappa shape index (κ1) is 25.7. The number of nitrogens with zero attached hydrogens (tertiary/aromatic N) is 2. The molecule has 7 rings (SSSR count). The number of amides is 1. The molecule has 4 heterocycles. The van der Waals surface area contributed by atoms with E-state index in [-0.39, 0.29) is 23.2 Å². The number of aromatic nitrogens is 1. The molecule has 1 fully saturated rings. The van der Waals surface area contributed by atoms with Crippen LogP contribution < -0.4 is 14.8 Å². The Kier molecular flexibility index (Phi) is 5.93. The first-order valence-electron chi connectivity index (χ1n) is 13.7. The Bertz CT molecular complexity index is 1790. The van der Waals surface area contributed by atoms with Crippen molar-refractivity contribution >= 4 is 29.2 Å². The van der Waals surface area contributed by atoms with Gasteiger partial charge in [-0.1, -0.05) is 48.5 Å². The molecule has 0 aliphatic carbocycles. The summed E-state index contributed by atoms with van der Waals surface area (Å²) in [7, 11) is 3.03. The third-order valence-electron chi connectivity index (χ3n) is 8.71. The van der Waals surface area contributed by atoms with Gasteiger partial charge in [0.1, 0.15) is 17.2 Å². The average Bonchev–Trinajstić information content (AvgIpc) is 3.52. The van der Waals surface area contributed by atoms with Crippen LogP contribution in [0.3, 0.4) is 0 Å². The van der Waals surface area contributed by atoms with E-state index in [2.05, 4.69) is 10.3 Å². The standard InChI is InChI=1S/C34H27N3O5/c1-41-26-15-14-21(19-27(26)42-2)30(38)29-28(31(39)25-13-7-8-17-35-25)34(23-11-5-6-12-24(23)36-33(34)40)32-22-10-4-3-9-20(22)16-18-37(29)32/h3-19,28-29,32H,1-2H3,(H,36,40)/t28-,29+,32-,34+/m1/s1. The first-order valence-corrected chi connectivity index (χ1v) is 13.7. The molecular weight excluding hydrogens is 530 g/mol. The summed E-state index contributed by atoms with van der Waals surface area (Å²) in [6, 6.07) is 23.6. The first-order chi connectivity index (χ1) is 20.5. The van der Waals surface area contributed by atoms with Crippen LogP contribution in [0.2, 0.25) is 0 Å². The van der Waals surface area contributed by atoms with E-state index < -0.39 is 23.4 Å². The molecule has 8 nitrogen and oxygen atoms in total. The number of pyridine rings is 1. The Balaban J connectivity index is 1.52. The zero-order chi connectivity index (χ0) is 29.0. The smallest absolute Gasteiger partial charge is 0.238 e. The van der Waals surface area contributed by atoms with Crippen molar-refractivity contribution in [1.29, 1.82) is 0 Å². The Hall–Kier alpha value is -5.24. The molecule has 42 heavy (non-hydrogen) atoms. The molecule has 8 heteroatoms. The van der Waals surface area contributed by atoms with E-state index in [1.807, 2.05) is 65.7 Å². The van der Waals surface area contributed by atoms with Crippen LogP contribution in [-0.4, -0.2) is 47.6 Å². The molecule has 1 spiro atoms. The number of rotatable bonds is 6. The van der Waals surface area contributed by atoms with E-state index in [1.165, 1.54) is 14.2 Å². The second kappa shape index (κ2) is 9.69. The SMILES string of the molecule is COc1ccc(C(=O)[C@@H]2[C@H](C(=O)c3ccccn3)[C@]3(C(=O)Nc4ccccc43)[C@H]3c4ccccc4C=CN23)cc1OC. The highest BCUT2D eigenvalue weighted by molar-refractivity contribution is 6.16. The molecule has 1 saturated heterocycles. The van der Waals surface area contributed by atoms with Gasteiger partial charge in [0.25, 0.3) is 0 Å². The number of benzene rings is 3. The number of nitrogens with one attached hydrogen (secondary N) is 1. The number of anilines is 1. The highest BCUT2D eigenvalue weighted by Crippen LogP contribution is 2.62. The molecule has 1 amide bonds. The number of ketones is 2. The molecule has 1 N–H and O–H groups in total. The van der Waals surface area contributed by atoms with Gasteiger partial charge >= 0.3 is 0 Å². The van der Waals surface area contributed by atoms with Crippen LogP contribution in [-0.2, 0) is 10.2 Å². The third-order valence-corrected chi connectivity index (χ3v) is 8.71. The Morgan fingerprint density at radius 3 is 2.43 bits per heavy atom. The molecule has 3 aromatic carbocycles. The maximum atomic E-state index is 14.7. The summed E-state index contributed by atoms with van der Waals surface area (Å²) < 4.78 is 10.9. The molecule has 0 saturated carbocycles. The summed E-state index contributed by atoms with van der Waals surface area (Å²) in [6.07, 6.45) is 5.32. The largest absolute Gasteiger partial charge is 0.493 e. The highest BCUT2D eigenvalue weighted by atomic mass is 16.5. The van der Waals surface area contributed by atoms with E-state index in [1.54, 1.807) is 42.6 Å². The highest BCUT2D eigenvalue weighted by Gasteiger charge is 2.70. The van der Waals surface area contributed by atoms with Gasteiger partial charge in [-0.15, -0.1) is 0 Å². The van der Waals surface area contributed by atoms with Gasteiger partial charge in [-0.3, -0.25) is 19.4 Å². The molecule has 4 atom stereocenters. The van der Waals surface area contributed by atoms with Crippen LogP contribution in [0.25, 0.3) is 6.08 Å². The lowest BCUT2D eigenvalue weighted by Gasteiger charge is -2.38. The second-order valence-electron chi connectivity index (χ2n) is 10.6. The summed E-state index contributed by atoms with van der Waals surface area (Å²) in [6.45, 7) is 0. The zero-order valence-corrected chi connectivity index (χ0v) is 23.0. The molecule has 4 aromatic rings. The van der Waals surface area contributed by atoms with E-state index >= 15 is 0 Å². The Morgan fingerprint density at radius 1 is 0.881 bits per heavy atom. The van der Waals surface area contributed by atoms with E-state index in [0.717, 1.165) is 11.1 Å². The molecule has 3 aliphatic rings. The molecule has 0 radical (unpaired) electrons. The number of ether oxygens (including phenoxy) is 2. The van der Waals surface area contributed by atoms with Gasteiger partial charge in [-0.2, -0.15) is 0 Å². The van der Waals surface area contributed by atoms with Crippen molar-refractivity contribution in [3.05, 3.63) is 125 Å². The fourth-order valence-electron chi connectivity index (χ4n) is 7.00. The van der Waals surface area contributed by atoms with E-state index in [0.29, 0.717) is 28.3 Å². The van der Waals surface area contributed by atoms with Gasteiger partial charge in [-0.25, -0.2) is 0 Å². The van der Waals surface area contributed by atoms with Crippen molar-refractivity contribution in [3.63, 3.8) is 0 Å². The molecular formula is C34H27N3O5. The number of Topliss-reactive ketones (excluding diaryl/α,β-unsaturated/α-hetero) is 2. The molecule has 208 valence electrons. The lowest BCUT2D eigenvalue weighted by Crippen LogP contribution is -2.49. The number of carbonyl (C=O) groups excluding carboxylic acids is 3. The van der Waals surface area contributed by atoms with Gasteiger partial charge in [-0.05, 0) is 59.2 Å². The average molecular weight is 558 g/mol. The molecule has 0 unspecified atom stereocenters. The maximum absolute atomic E-state index is 14.7. The van der Waals surface area contributed by atoms with E-state index in [4.69, 9.17) is 9.47 Å². The normalized spacial score (nSPS) is 23.1. The van der Waals surface area contributed by atoms with Gasteiger partial charge in [0.2, 0.25) is 5.91 Å². The Morgan fingerprint density at radius 2 is 1.64 bits per heavy atom. The minimum Gasteiger partial charge on any atom is -0.493 e. The van der Waals surface area contributed by atoms with Crippen molar-refractivity contribution in [2.45, 2.75) is 17.5 Å². The number of carbonyl (C=O) groups is 3. The van der Waals surface area contributed by atoms with Crippen molar-refractivity contribution in [2.75, 3.05) is 19.5 Å². The number of para-hydroxylation sites is 1. The van der Waals surface area contributed by atoms with Gasteiger partial charge in [0.05, 0.1) is 26.2 Å². The van der Waals surface area contributed by atoms with Crippen molar-refractivity contribution in [1.82, 2.24) is 9.88 Å². The van der Waals surface area contributed by atoms with Crippen molar-refractivity contribution < 1.29 is 23.9 Å². The summed E-state index contributed by atoms with van der Waals surface area (Å²) in [5, 5.41) is 3.05. The predicted molar refractivity (Wildman–Crippen MR) is 157 cm³/mol. The van der Waals surface area contributed by atoms with Crippen LogP contribution in [0.1, 0.15) is 43.6 Å². The van der Waals surface area contributed by atoms with Crippen LogP contribution in [0.4, 0.5) is 5.69 Å². The third kappa shape index (κ3) is 3.48. The number of hydrogen-bond acceptors (Lipinski definition) is 7. The predicted octanol–water partition coefficient (Wildman–Crippen LogP) is 5.08. The summed E-state index contributed by atoms with van der Waals surface area (Å²) >= 11 is 0. The van der Waals surface area contributed by atoms with Crippen LogP contribution >= 0.6 is 0 Å². The monoisotopic (exact) mass is 557 g/mol. The Labute approximate surface area is 242 Å². The molecule has 1 aromatic heterocycles. The minimum atomic E-state index is -1.41. The molecule has 0 bridgehead atoms. The lowest BCUT2D eigenvalue weighted by atomic mass is 9.63. The summed E-state index contributed by atoms with van der Waals surface area (Å²) in [4.78, 5) is 50.1. The maximum Gasteiger partial charge on any atom is 0.238 e. The summed E-state index contributed by atoms with van der Waals surface area (Å²) in [5.74, 6) is -1.23. The van der Waals surface area contributed by atoms with Crippen LogP contribution in [0, 0.1) is 5.92 Å². The van der Waals surface area contributed by atoms with Crippen LogP contribution in [0.5, 0.6) is 11.5 Å². The number of fused-ring (bicyclic) bond motifs is 6. The fourth-order valence-corrected chi connectivity index (χ4v) is 7.00. The topological polar surface area (TPSA) is 97.8 Å². The van der Waals surface area contributed by atoms with Crippen molar-refractivity contribution in [3.8, 4) is 11.5 Å². The fraction of sp³-hybridized carbons (Fsp3) is 0.176. The minimum absolute atomic E-state index is 0.196. The zero-order valence-electron chi connectivity index (χ0n) is 23.0. The second-order valence-corrected chi connectivity index (χ2v) is 10.6. The van der Waals surface area contributed by atoms with Crippen LogP contribution in [0.15, 0.2) is 97.3 Å².